The Kier molecular flexibility index (Phi) is 4.60. The van der Waals surface area contributed by atoms with Crippen molar-refractivity contribution in [3.05, 3.63) is 0 Å². The van der Waals surface area contributed by atoms with Crippen LogP contribution in [0.4, 0.5) is 0 Å². The van der Waals surface area contributed by atoms with E-state index in [9.17, 15) is 0 Å². The van der Waals surface area contributed by atoms with E-state index in [-0.39, 0.29) is 0 Å². The van der Waals surface area contributed by atoms with E-state index in [1.807, 2.05) is 13.8 Å². The van der Waals surface area contributed by atoms with Crippen LogP contribution in [0.1, 0.15) is 33.1 Å². The molecule has 0 aliphatic carbocycles. The maximum atomic E-state index is 2.50. The number of nitrogens with zero attached hydrogens (tertiary/aromatic N) is 1. The fraction of sp³-hybridized carbons (Fsp3) is 1.00. The second-order valence-electron chi connectivity index (χ2n) is 4.10. The molecule has 0 radical (unpaired) electrons. The Bertz CT molecular complexity index is 136. The summed E-state index contributed by atoms with van der Waals surface area (Å²) in [5, 5.41) is 0. The first-order chi connectivity index (χ1) is 6.31. The number of thioether (sulfide) groups is 1. The van der Waals surface area contributed by atoms with E-state index >= 15 is 0 Å². The van der Waals surface area contributed by atoms with Gasteiger partial charge in [0, 0.05) is 6.54 Å². The molecule has 2 aliphatic heterocycles. The summed E-state index contributed by atoms with van der Waals surface area (Å²) in [6, 6.07) is 0. The molecule has 1 nitrogen and oxygen atoms in total. The molecule has 0 aromatic carbocycles. The maximum Gasteiger partial charge on any atom is 0.00360 e. The minimum absolute atomic E-state index is 0.750. The van der Waals surface area contributed by atoms with E-state index < -0.39 is 0 Å². The molecule has 2 rings (SSSR count). The van der Waals surface area contributed by atoms with Gasteiger partial charge in [-0.3, -0.25) is 0 Å². The predicted octanol–water partition coefficient (Wildman–Crippen LogP) is 2.86. The molecule has 0 unspecified atom stereocenters. The first kappa shape index (κ1) is 11.4. The zero-order valence-electron chi connectivity index (χ0n) is 9.31. The summed E-state index contributed by atoms with van der Waals surface area (Å²) >= 11 is 2.14. The van der Waals surface area contributed by atoms with Crippen LogP contribution in [0.5, 0.6) is 0 Å². The number of hydrogen-bond acceptors (Lipinski definition) is 2. The summed E-state index contributed by atoms with van der Waals surface area (Å²) in [6.45, 7) is 6.71. The van der Waals surface area contributed by atoms with E-state index in [2.05, 4.69) is 23.7 Å². The molecule has 2 aliphatic rings. The summed E-state index contributed by atoms with van der Waals surface area (Å²) in [5.41, 5.74) is 0.750. The van der Waals surface area contributed by atoms with Crippen molar-refractivity contribution in [3.8, 4) is 0 Å². The molecule has 2 saturated heterocycles. The minimum Gasteiger partial charge on any atom is -0.306 e. The molecule has 78 valence electrons. The Morgan fingerprint density at radius 3 is 2.15 bits per heavy atom. The zero-order valence-corrected chi connectivity index (χ0v) is 10.1. The summed E-state index contributed by atoms with van der Waals surface area (Å²) < 4.78 is 0. The van der Waals surface area contributed by atoms with Gasteiger partial charge in [0.05, 0.1) is 0 Å². The highest BCUT2D eigenvalue weighted by Gasteiger charge is 2.37. The fourth-order valence-electron chi connectivity index (χ4n) is 2.37. The van der Waals surface area contributed by atoms with E-state index in [0.717, 1.165) is 5.41 Å². The third-order valence-corrected chi connectivity index (χ3v) is 4.17. The van der Waals surface area contributed by atoms with Gasteiger partial charge in [-0.05, 0) is 49.8 Å². The van der Waals surface area contributed by atoms with Crippen molar-refractivity contribution in [3.63, 3.8) is 0 Å². The van der Waals surface area contributed by atoms with E-state index in [1.54, 1.807) is 0 Å². The Balaban J connectivity index is 0.000000396. The van der Waals surface area contributed by atoms with Gasteiger partial charge in [0.15, 0.2) is 0 Å². The van der Waals surface area contributed by atoms with Crippen LogP contribution in [0.15, 0.2) is 0 Å². The van der Waals surface area contributed by atoms with Gasteiger partial charge in [0.1, 0.15) is 0 Å². The fourth-order valence-corrected chi connectivity index (χ4v) is 3.73. The smallest absolute Gasteiger partial charge is 0.00360 e. The molecule has 0 amide bonds. The molecule has 2 fully saturated rings. The molecule has 2 heterocycles. The molecule has 0 saturated carbocycles. The summed E-state index contributed by atoms with van der Waals surface area (Å²) in [4.78, 5) is 2.50. The predicted molar refractivity (Wildman–Crippen MR) is 62.5 cm³/mol. The average molecular weight is 201 g/mol. The third-order valence-electron chi connectivity index (χ3n) is 3.18. The van der Waals surface area contributed by atoms with Crippen LogP contribution in [0, 0.1) is 5.41 Å². The number of likely N-dealkylation sites (tertiary alicyclic amines) is 1. The van der Waals surface area contributed by atoms with Gasteiger partial charge in [0.25, 0.3) is 0 Å². The molecule has 1 spiro atoms. The molecular weight excluding hydrogens is 178 g/mol. The van der Waals surface area contributed by atoms with Crippen molar-refractivity contribution in [2.24, 2.45) is 5.41 Å². The molecule has 13 heavy (non-hydrogen) atoms. The molecule has 0 aromatic heterocycles. The average Bonchev–Trinajstić information content (AvgIpc) is 2.52. The summed E-state index contributed by atoms with van der Waals surface area (Å²) in [7, 11) is 2.26. The van der Waals surface area contributed by atoms with Gasteiger partial charge < -0.3 is 4.90 Å². The van der Waals surface area contributed by atoms with Crippen molar-refractivity contribution in [2.45, 2.75) is 33.1 Å². The third kappa shape index (κ3) is 2.88. The Morgan fingerprint density at radius 2 is 1.69 bits per heavy atom. The second-order valence-corrected chi connectivity index (χ2v) is 5.32. The lowest BCUT2D eigenvalue weighted by Gasteiger charge is -2.32. The normalized spacial score (nSPS) is 27.0. The Morgan fingerprint density at radius 1 is 1.08 bits per heavy atom. The SMILES string of the molecule is CC.CN1CCC2(CCSCC2)C1. The van der Waals surface area contributed by atoms with E-state index in [1.165, 1.54) is 43.9 Å². The number of hydrogen-bond donors (Lipinski definition) is 0. The van der Waals surface area contributed by atoms with Crippen LogP contribution < -0.4 is 0 Å². The van der Waals surface area contributed by atoms with Crippen LogP contribution in [0.3, 0.4) is 0 Å². The lowest BCUT2D eigenvalue weighted by Crippen LogP contribution is -2.29. The van der Waals surface area contributed by atoms with Gasteiger partial charge >= 0.3 is 0 Å². The van der Waals surface area contributed by atoms with Gasteiger partial charge in [0.2, 0.25) is 0 Å². The topological polar surface area (TPSA) is 3.24 Å². The van der Waals surface area contributed by atoms with Crippen LogP contribution in [-0.4, -0.2) is 36.5 Å². The van der Waals surface area contributed by atoms with E-state index in [0.29, 0.717) is 0 Å². The summed E-state index contributed by atoms with van der Waals surface area (Å²) in [6.07, 6.45) is 4.41. The highest BCUT2D eigenvalue weighted by molar-refractivity contribution is 7.99. The second kappa shape index (κ2) is 5.26. The quantitative estimate of drug-likeness (QED) is 0.593. The van der Waals surface area contributed by atoms with E-state index in [4.69, 9.17) is 0 Å². The van der Waals surface area contributed by atoms with Crippen LogP contribution >= 0.6 is 11.8 Å². The van der Waals surface area contributed by atoms with Crippen LogP contribution in [-0.2, 0) is 0 Å². The number of rotatable bonds is 0. The van der Waals surface area contributed by atoms with Crippen molar-refractivity contribution in [1.29, 1.82) is 0 Å². The molecule has 0 bridgehead atoms. The van der Waals surface area contributed by atoms with Crippen molar-refractivity contribution in [1.82, 2.24) is 4.90 Å². The Hall–Kier alpha value is 0.310. The first-order valence-electron chi connectivity index (χ1n) is 5.57. The minimum atomic E-state index is 0.750. The molecule has 2 heteroatoms. The first-order valence-corrected chi connectivity index (χ1v) is 6.73. The monoisotopic (exact) mass is 201 g/mol. The molecule has 0 atom stereocenters. The van der Waals surface area contributed by atoms with Crippen molar-refractivity contribution < 1.29 is 0 Å². The van der Waals surface area contributed by atoms with Crippen LogP contribution in [0.2, 0.25) is 0 Å². The van der Waals surface area contributed by atoms with Crippen molar-refractivity contribution >= 4 is 11.8 Å². The summed E-state index contributed by atoms with van der Waals surface area (Å²) in [5.74, 6) is 2.82. The standard InChI is InChI=1S/C9H17NS.C2H6/c1-10-5-2-9(8-10)3-6-11-7-4-9;1-2/h2-8H2,1H3;1-2H3. The van der Waals surface area contributed by atoms with Gasteiger partial charge in [-0.2, -0.15) is 11.8 Å². The zero-order chi connectivity index (χ0) is 9.73. The van der Waals surface area contributed by atoms with Gasteiger partial charge in [-0.25, -0.2) is 0 Å². The highest BCUT2D eigenvalue weighted by atomic mass is 32.2. The van der Waals surface area contributed by atoms with Crippen molar-refractivity contribution in [2.75, 3.05) is 31.6 Å². The maximum absolute atomic E-state index is 2.50. The lowest BCUT2D eigenvalue weighted by molar-refractivity contribution is 0.260. The van der Waals surface area contributed by atoms with Gasteiger partial charge in [-0.1, -0.05) is 13.8 Å². The molecular formula is C11H23NS. The largest absolute Gasteiger partial charge is 0.306 e. The highest BCUT2D eigenvalue weighted by Crippen LogP contribution is 2.41. The van der Waals surface area contributed by atoms with Crippen LogP contribution in [0.25, 0.3) is 0 Å². The molecule has 0 N–H and O–H groups in total. The molecule has 0 aromatic rings. The lowest BCUT2D eigenvalue weighted by atomic mass is 9.81. The Labute approximate surface area is 87.3 Å². The van der Waals surface area contributed by atoms with Gasteiger partial charge in [-0.15, -0.1) is 0 Å².